The van der Waals surface area contributed by atoms with Gasteiger partial charge in [-0.05, 0) is 47.9 Å². The van der Waals surface area contributed by atoms with E-state index in [2.05, 4.69) is 4.98 Å². The Morgan fingerprint density at radius 3 is 2.67 bits per heavy atom. The lowest BCUT2D eigenvalue weighted by molar-refractivity contribution is -0.140. The van der Waals surface area contributed by atoms with E-state index in [9.17, 15) is 19.1 Å². The van der Waals surface area contributed by atoms with E-state index in [0.29, 0.717) is 28.6 Å². The fourth-order valence-electron chi connectivity index (χ4n) is 4.71. The molecule has 0 bridgehead atoms. The number of ether oxygens (including phenoxy) is 1. The number of pyridine rings is 1. The summed E-state index contributed by atoms with van der Waals surface area (Å²) in [6.07, 6.45) is 3.73. The average Bonchev–Trinajstić information content (AvgIpc) is 3.59. The van der Waals surface area contributed by atoms with Gasteiger partial charge in [0, 0.05) is 48.4 Å². The van der Waals surface area contributed by atoms with Gasteiger partial charge in [-0.3, -0.25) is 14.5 Å². The van der Waals surface area contributed by atoms with Crippen molar-refractivity contribution in [2.75, 3.05) is 18.8 Å². The van der Waals surface area contributed by atoms with Gasteiger partial charge in [0.1, 0.15) is 11.4 Å². The number of alkyl halides is 1. The first kappa shape index (κ1) is 27.0. The van der Waals surface area contributed by atoms with Crippen LogP contribution in [0.2, 0.25) is 0 Å². The molecular formula is C30H27FN4O4S. The third kappa shape index (κ3) is 5.72. The third-order valence-electron chi connectivity index (χ3n) is 6.71. The number of carboxylic acids is 1. The molecule has 0 saturated carbocycles. The fourth-order valence-corrected chi connectivity index (χ4v) is 5.50. The van der Waals surface area contributed by atoms with Gasteiger partial charge >= 0.3 is 5.97 Å². The molecular weight excluding hydrogens is 531 g/mol. The Morgan fingerprint density at radius 2 is 1.93 bits per heavy atom. The predicted molar refractivity (Wildman–Crippen MR) is 153 cm³/mol. The summed E-state index contributed by atoms with van der Waals surface area (Å²) in [6.45, 7) is -0.970. The van der Waals surface area contributed by atoms with Crippen molar-refractivity contribution in [3.8, 4) is 28.1 Å². The van der Waals surface area contributed by atoms with Crippen LogP contribution in [0.4, 0.5) is 9.52 Å². The molecule has 1 N–H and O–H groups in total. The van der Waals surface area contributed by atoms with E-state index in [4.69, 9.17) is 9.72 Å². The standard InChI is InChI=1S/C30H27FN4O4S/c1-34-11-10-20-13-22(16-32-28(20)34)24-9-8-23(39-18-31)15-25(24)26-17-40-30(33-26)35(2)29(38)21(14-27(36)37)12-19-6-4-3-5-7-19/h3-11,13,15-17,21H,12,14,18H2,1-2H3,(H,36,37)/t21-/m1/s1. The number of aryl methyl sites for hydroxylation is 1. The summed E-state index contributed by atoms with van der Waals surface area (Å²) in [5, 5.41) is 12.7. The molecule has 0 fully saturated rings. The van der Waals surface area contributed by atoms with Crippen LogP contribution in [-0.4, -0.2) is 45.4 Å². The number of rotatable bonds is 10. The van der Waals surface area contributed by atoms with Crippen LogP contribution < -0.4 is 9.64 Å². The molecule has 0 radical (unpaired) electrons. The van der Waals surface area contributed by atoms with Crippen molar-refractivity contribution in [2.45, 2.75) is 12.8 Å². The molecule has 8 nitrogen and oxygen atoms in total. The summed E-state index contributed by atoms with van der Waals surface area (Å²) in [4.78, 5) is 35.7. The number of hydrogen-bond donors (Lipinski definition) is 1. The summed E-state index contributed by atoms with van der Waals surface area (Å²) in [5.74, 6) is -1.78. The van der Waals surface area contributed by atoms with Crippen molar-refractivity contribution in [3.05, 3.63) is 84.0 Å². The summed E-state index contributed by atoms with van der Waals surface area (Å²) in [7, 11) is 3.53. The number of fused-ring (bicyclic) bond motifs is 1. The monoisotopic (exact) mass is 558 g/mol. The molecule has 0 unspecified atom stereocenters. The van der Waals surface area contributed by atoms with Crippen molar-refractivity contribution in [1.82, 2.24) is 14.5 Å². The number of halogens is 1. The molecule has 0 aliphatic carbocycles. The number of benzene rings is 2. The zero-order valence-electron chi connectivity index (χ0n) is 22.0. The molecule has 0 aliphatic heterocycles. The molecule has 204 valence electrons. The van der Waals surface area contributed by atoms with Crippen molar-refractivity contribution < 1.29 is 23.8 Å². The summed E-state index contributed by atoms with van der Waals surface area (Å²) in [6, 6.07) is 18.6. The minimum Gasteiger partial charge on any atom is -0.481 e. The maximum Gasteiger partial charge on any atom is 0.304 e. The average molecular weight is 559 g/mol. The van der Waals surface area contributed by atoms with E-state index in [1.165, 1.54) is 16.2 Å². The first-order valence-electron chi connectivity index (χ1n) is 12.6. The molecule has 2 aromatic carbocycles. The fraction of sp³-hybridized carbons (Fsp3) is 0.200. The van der Waals surface area contributed by atoms with Crippen molar-refractivity contribution in [2.24, 2.45) is 13.0 Å². The quantitative estimate of drug-likeness (QED) is 0.227. The van der Waals surface area contributed by atoms with Gasteiger partial charge in [-0.1, -0.05) is 30.3 Å². The number of carboxylic acid groups (broad SMARTS) is 1. The summed E-state index contributed by atoms with van der Waals surface area (Å²) < 4.78 is 20.1. The highest BCUT2D eigenvalue weighted by Gasteiger charge is 2.27. The Bertz CT molecular complexity index is 1670. The van der Waals surface area contributed by atoms with Crippen LogP contribution >= 0.6 is 11.3 Å². The van der Waals surface area contributed by atoms with E-state index >= 15 is 0 Å². The Morgan fingerprint density at radius 1 is 1.12 bits per heavy atom. The molecule has 10 heteroatoms. The second kappa shape index (κ2) is 11.7. The maximum absolute atomic E-state index is 13.4. The minimum atomic E-state index is -1.04. The lowest BCUT2D eigenvalue weighted by Gasteiger charge is -2.21. The second-order valence-corrected chi connectivity index (χ2v) is 10.3. The number of carbonyl (C=O) groups excluding carboxylic acids is 1. The van der Waals surface area contributed by atoms with Crippen LogP contribution in [0.1, 0.15) is 12.0 Å². The number of aliphatic carboxylic acids is 1. The molecule has 0 aliphatic rings. The topological polar surface area (TPSA) is 97.6 Å². The molecule has 5 aromatic rings. The van der Waals surface area contributed by atoms with Crippen molar-refractivity contribution >= 4 is 39.4 Å². The van der Waals surface area contributed by atoms with Crippen molar-refractivity contribution in [1.29, 1.82) is 0 Å². The Kier molecular flexibility index (Phi) is 7.88. The summed E-state index contributed by atoms with van der Waals surface area (Å²) in [5.41, 5.74) is 4.67. The van der Waals surface area contributed by atoms with Gasteiger partial charge in [0.2, 0.25) is 12.8 Å². The molecule has 1 amide bonds. The smallest absolute Gasteiger partial charge is 0.304 e. The van der Waals surface area contributed by atoms with Crippen LogP contribution in [0.3, 0.4) is 0 Å². The first-order valence-corrected chi connectivity index (χ1v) is 13.5. The van der Waals surface area contributed by atoms with Gasteiger partial charge in [-0.15, -0.1) is 11.3 Å². The van der Waals surface area contributed by atoms with Gasteiger partial charge in [-0.25, -0.2) is 14.4 Å². The number of thiazole rings is 1. The van der Waals surface area contributed by atoms with E-state index < -0.39 is 18.7 Å². The largest absolute Gasteiger partial charge is 0.481 e. The lowest BCUT2D eigenvalue weighted by Crippen LogP contribution is -2.35. The van der Waals surface area contributed by atoms with Gasteiger partial charge < -0.3 is 14.4 Å². The third-order valence-corrected chi connectivity index (χ3v) is 7.63. The van der Waals surface area contributed by atoms with Gasteiger partial charge in [0.15, 0.2) is 5.13 Å². The normalized spacial score (nSPS) is 11.9. The van der Waals surface area contributed by atoms with E-state index in [-0.39, 0.29) is 12.3 Å². The highest BCUT2D eigenvalue weighted by Crippen LogP contribution is 2.38. The molecule has 40 heavy (non-hydrogen) atoms. The van der Waals surface area contributed by atoms with E-state index in [0.717, 1.165) is 27.7 Å². The zero-order chi connectivity index (χ0) is 28.2. The first-order chi connectivity index (χ1) is 19.3. The number of nitrogens with zero attached hydrogens (tertiary/aromatic N) is 4. The number of carbonyl (C=O) groups is 2. The van der Waals surface area contributed by atoms with Crippen molar-refractivity contribution in [3.63, 3.8) is 0 Å². The number of hydrogen-bond acceptors (Lipinski definition) is 6. The summed E-state index contributed by atoms with van der Waals surface area (Å²) >= 11 is 1.27. The predicted octanol–water partition coefficient (Wildman–Crippen LogP) is 5.97. The Balaban J connectivity index is 1.48. The molecule has 3 heterocycles. The molecule has 3 aromatic heterocycles. The molecule has 1 atom stereocenters. The van der Waals surface area contributed by atoms with E-state index in [1.807, 2.05) is 71.7 Å². The van der Waals surface area contributed by atoms with Crippen LogP contribution in [0.5, 0.6) is 5.75 Å². The number of amides is 1. The molecule has 0 spiro atoms. The SMILES string of the molecule is CN(C(=O)[C@@H](CC(=O)O)Cc1ccccc1)c1nc(-c2cc(OCF)ccc2-c2cnc3c(ccn3C)c2)cs1. The highest BCUT2D eigenvalue weighted by atomic mass is 32.1. The second-order valence-electron chi connectivity index (χ2n) is 9.42. The molecule has 0 saturated heterocycles. The Labute approximate surface area is 234 Å². The van der Waals surface area contributed by atoms with Gasteiger partial charge in [-0.2, -0.15) is 0 Å². The van der Waals surface area contributed by atoms with Crippen LogP contribution in [0.15, 0.2) is 78.4 Å². The lowest BCUT2D eigenvalue weighted by atomic mass is 9.95. The van der Waals surface area contributed by atoms with Gasteiger partial charge in [0.25, 0.3) is 0 Å². The minimum absolute atomic E-state index is 0.294. The maximum atomic E-state index is 13.4. The Hall–Kier alpha value is -4.57. The zero-order valence-corrected chi connectivity index (χ0v) is 22.8. The van der Waals surface area contributed by atoms with Crippen LogP contribution in [0.25, 0.3) is 33.4 Å². The van der Waals surface area contributed by atoms with Crippen LogP contribution in [0, 0.1) is 5.92 Å². The molecule has 5 rings (SSSR count). The number of anilines is 1. The van der Waals surface area contributed by atoms with Crippen LogP contribution in [-0.2, 0) is 23.1 Å². The van der Waals surface area contributed by atoms with E-state index in [1.54, 1.807) is 25.4 Å². The highest BCUT2D eigenvalue weighted by molar-refractivity contribution is 7.14. The van der Waals surface area contributed by atoms with Gasteiger partial charge in [0.05, 0.1) is 18.0 Å². The number of aromatic nitrogens is 3.